The fourth-order valence-electron chi connectivity index (χ4n) is 2.69. The van der Waals surface area contributed by atoms with Gasteiger partial charge in [0, 0.05) is 0 Å². The Bertz CT molecular complexity index is 587. The second-order valence-corrected chi connectivity index (χ2v) is 6.07. The van der Waals surface area contributed by atoms with Crippen molar-refractivity contribution in [3.63, 3.8) is 0 Å². The summed E-state index contributed by atoms with van der Waals surface area (Å²) in [5, 5.41) is 3.32. The number of nitrogens with one attached hydrogen (secondary N) is 1. The standard InChI is InChI=1S/C19H24FN/c1-13(2)11-15-5-7-16(8-6-15)19(21-4)17-9-10-18(20)14(3)12-17/h5-10,12-13,19,21H,11H2,1-4H3. The number of aryl methyl sites for hydroxylation is 1. The van der Waals surface area contributed by atoms with E-state index in [2.05, 4.69) is 43.4 Å². The molecule has 0 heterocycles. The number of hydrogen-bond acceptors (Lipinski definition) is 1. The summed E-state index contributed by atoms with van der Waals surface area (Å²) >= 11 is 0. The summed E-state index contributed by atoms with van der Waals surface area (Å²) in [6.45, 7) is 6.26. The van der Waals surface area contributed by atoms with Crippen molar-refractivity contribution in [1.82, 2.24) is 5.32 Å². The Morgan fingerprint density at radius 3 is 2.14 bits per heavy atom. The largest absolute Gasteiger partial charge is 0.309 e. The lowest BCUT2D eigenvalue weighted by molar-refractivity contribution is 0.614. The Kier molecular flexibility index (Phi) is 5.13. The molecule has 0 spiro atoms. The van der Waals surface area contributed by atoms with Crippen molar-refractivity contribution in [2.75, 3.05) is 7.05 Å². The highest BCUT2D eigenvalue weighted by atomic mass is 19.1. The smallest absolute Gasteiger partial charge is 0.126 e. The quantitative estimate of drug-likeness (QED) is 0.843. The van der Waals surface area contributed by atoms with Crippen LogP contribution >= 0.6 is 0 Å². The molecule has 1 N–H and O–H groups in total. The minimum absolute atomic E-state index is 0.0948. The van der Waals surface area contributed by atoms with Gasteiger partial charge in [0.1, 0.15) is 5.82 Å². The first kappa shape index (κ1) is 15.7. The van der Waals surface area contributed by atoms with Crippen LogP contribution in [0.5, 0.6) is 0 Å². The molecule has 0 saturated carbocycles. The van der Waals surface area contributed by atoms with E-state index >= 15 is 0 Å². The third-order valence-electron chi connectivity index (χ3n) is 3.76. The molecule has 2 aromatic carbocycles. The highest BCUT2D eigenvalue weighted by Crippen LogP contribution is 2.24. The lowest BCUT2D eigenvalue weighted by atomic mass is 9.95. The molecular weight excluding hydrogens is 261 g/mol. The number of hydrogen-bond donors (Lipinski definition) is 1. The maximum atomic E-state index is 13.4. The summed E-state index contributed by atoms with van der Waals surface area (Å²) in [6, 6.07) is 14.1. The summed E-state index contributed by atoms with van der Waals surface area (Å²) in [7, 11) is 1.94. The van der Waals surface area contributed by atoms with Gasteiger partial charge in [0.05, 0.1) is 6.04 Å². The first-order valence-corrected chi connectivity index (χ1v) is 7.53. The van der Waals surface area contributed by atoms with Crippen LogP contribution in [0.3, 0.4) is 0 Å². The van der Waals surface area contributed by atoms with E-state index in [-0.39, 0.29) is 11.9 Å². The van der Waals surface area contributed by atoms with Crippen LogP contribution in [-0.4, -0.2) is 7.05 Å². The van der Waals surface area contributed by atoms with E-state index in [0.717, 1.165) is 12.0 Å². The van der Waals surface area contributed by atoms with E-state index in [1.165, 1.54) is 11.1 Å². The molecule has 1 atom stereocenters. The highest BCUT2D eigenvalue weighted by molar-refractivity contribution is 5.35. The summed E-state index contributed by atoms with van der Waals surface area (Å²) in [4.78, 5) is 0. The van der Waals surface area contributed by atoms with Crippen LogP contribution in [-0.2, 0) is 6.42 Å². The average molecular weight is 285 g/mol. The van der Waals surface area contributed by atoms with Gasteiger partial charge in [-0.3, -0.25) is 0 Å². The number of benzene rings is 2. The Hall–Kier alpha value is -1.67. The maximum Gasteiger partial charge on any atom is 0.126 e. The highest BCUT2D eigenvalue weighted by Gasteiger charge is 2.13. The van der Waals surface area contributed by atoms with Crippen molar-refractivity contribution in [2.45, 2.75) is 33.2 Å². The predicted molar refractivity (Wildman–Crippen MR) is 87.0 cm³/mol. The number of rotatable bonds is 5. The van der Waals surface area contributed by atoms with Crippen molar-refractivity contribution in [1.29, 1.82) is 0 Å². The van der Waals surface area contributed by atoms with Gasteiger partial charge < -0.3 is 5.32 Å². The molecule has 1 unspecified atom stereocenters. The second-order valence-electron chi connectivity index (χ2n) is 6.07. The molecule has 0 saturated heterocycles. The molecule has 0 aliphatic rings. The fourth-order valence-corrected chi connectivity index (χ4v) is 2.69. The maximum absolute atomic E-state index is 13.4. The third-order valence-corrected chi connectivity index (χ3v) is 3.76. The minimum Gasteiger partial charge on any atom is -0.309 e. The van der Waals surface area contributed by atoms with E-state index in [1.807, 2.05) is 19.2 Å². The molecule has 112 valence electrons. The van der Waals surface area contributed by atoms with Crippen molar-refractivity contribution in [2.24, 2.45) is 5.92 Å². The molecule has 2 heteroatoms. The Morgan fingerprint density at radius 1 is 1.00 bits per heavy atom. The monoisotopic (exact) mass is 285 g/mol. The van der Waals surface area contributed by atoms with Gasteiger partial charge in [-0.25, -0.2) is 4.39 Å². The van der Waals surface area contributed by atoms with Crippen LogP contribution in [0, 0.1) is 18.7 Å². The van der Waals surface area contributed by atoms with E-state index in [1.54, 1.807) is 13.0 Å². The molecule has 0 amide bonds. The third kappa shape index (κ3) is 3.92. The van der Waals surface area contributed by atoms with Gasteiger partial charge in [-0.15, -0.1) is 0 Å². The first-order chi connectivity index (χ1) is 10.0. The molecule has 0 radical (unpaired) electrons. The fraction of sp³-hybridized carbons (Fsp3) is 0.368. The van der Waals surface area contributed by atoms with E-state index in [0.29, 0.717) is 11.5 Å². The average Bonchev–Trinajstić information content (AvgIpc) is 2.45. The van der Waals surface area contributed by atoms with Crippen molar-refractivity contribution >= 4 is 0 Å². The van der Waals surface area contributed by atoms with Gasteiger partial charge in [0.15, 0.2) is 0 Å². The van der Waals surface area contributed by atoms with Crippen LogP contribution < -0.4 is 5.32 Å². The predicted octanol–water partition coefficient (Wildman–Crippen LogP) is 4.64. The lowest BCUT2D eigenvalue weighted by Gasteiger charge is -2.18. The van der Waals surface area contributed by atoms with Crippen LogP contribution in [0.4, 0.5) is 4.39 Å². The molecule has 0 fully saturated rings. The summed E-state index contributed by atoms with van der Waals surface area (Å²) in [5.41, 5.74) is 4.34. The van der Waals surface area contributed by atoms with Crippen LogP contribution in [0.2, 0.25) is 0 Å². The summed E-state index contributed by atoms with van der Waals surface area (Å²) in [5.74, 6) is 0.511. The van der Waals surface area contributed by atoms with E-state index in [9.17, 15) is 4.39 Å². The topological polar surface area (TPSA) is 12.0 Å². The molecule has 0 bridgehead atoms. The zero-order valence-corrected chi connectivity index (χ0v) is 13.3. The molecule has 21 heavy (non-hydrogen) atoms. The molecule has 2 rings (SSSR count). The zero-order chi connectivity index (χ0) is 15.4. The zero-order valence-electron chi connectivity index (χ0n) is 13.3. The Balaban J connectivity index is 2.26. The summed E-state index contributed by atoms with van der Waals surface area (Å²) in [6.07, 6.45) is 1.10. The van der Waals surface area contributed by atoms with Crippen LogP contribution in [0.15, 0.2) is 42.5 Å². The Morgan fingerprint density at radius 2 is 1.62 bits per heavy atom. The van der Waals surface area contributed by atoms with Gasteiger partial charge in [-0.05, 0) is 54.6 Å². The van der Waals surface area contributed by atoms with Gasteiger partial charge in [-0.1, -0.05) is 50.2 Å². The SMILES string of the molecule is CNC(c1ccc(CC(C)C)cc1)c1ccc(F)c(C)c1. The molecule has 0 aromatic heterocycles. The molecule has 0 aliphatic heterocycles. The van der Waals surface area contributed by atoms with E-state index < -0.39 is 0 Å². The van der Waals surface area contributed by atoms with Gasteiger partial charge in [-0.2, -0.15) is 0 Å². The van der Waals surface area contributed by atoms with E-state index in [4.69, 9.17) is 0 Å². The second kappa shape index (κ2) is 6.86. The lowest BCUT2D eigenvalue weighted by Crippen LogP contribution is -2.18. The first-order valence-electron chi connectivity index (χ1n) is 7.53. The minimum atomic E-state index is -0.152. The van der Waals surface area contributed by atoms with Gasteiger partial charge >= 0.3 is 0 Å². The normalized spacial score (nSPS) is 12.7. The molecule has 1 nitrogen and oxygen atoms in total. The van der Waals surface area contributed by atoms with Gasteiger partial charge in [0.25, 0.3) is 0 Å². The van der Waals surface area contributed by atoms with Crippen molar-refractivity contribution in [3.05, 3.63) is 70.5 Å². The molecule has 0 aliphatic carbocycles. The molecule has 2 aromatic rings. The van der Waals surface area contributed by atoms with Crippen molar-refractivity contribution < 1.29 is 4.39 Å². The number of halogens is 1. The van der Waals surface area contributed by atoms with Crippen LogP contribution in [0.1, 0.15) is 42.1 Å². The van der Waals surface area contributed by atoms with Gasteiger partial charge in [0.2, 0.25) is 0 Å². The van der Waals surface area contributed by atoms with Crippen LogP contribution in [0.25, 0.3) is 0 Å². The summed E-state index contributed by atoms with van der Waals surface area (Å²) < 4.78 is 13.4. The molecular formula is C19H24FN. The van der Waals surface area contributed by atoms with Crippen molar-refractivity contribution in [3.8, 4) is 0 Å². The Labute approximate surface area is 127 Å².